The van der Waals surface area contributed by atoms with Gasteiger partial charge in [0.25, 0.3) is 0 Å². The smallest absolute Gasteiger partial charge is 0.336 e. The van der Waals surface area contributed by atoms with Crippen molar-refractivity contribution >= 4 is 17.0 Å². The van der Waals surface area contributed by atoms with Crippen molar-refractivity contribution < 1.29 is 9.90 Å². The second-order valence-electron chi connectivity index (χ2n) is 8.77. The Morgan fingerprint density at radius 3 is 2.19 bits per heavy atom. The number of carboxylic acids is 1. The van der Waals surface area contributed by atoms with E-state index in [1.807, 2.05) is 43.3 Å². The fourth-order valence-electron chi connectivity index (χ4n) is 4.07. The number of rotatable bonds is 6. The van der Waals surface area contributed by atoms with E-state index in [2.05, 4.69) is 42.5 Å². The molecule has 0 saturated carbocycles. The van der Waals surface area contributed by atoms with Crippen LogP contribution in [0.5, 0.6) is 0 Å². The summed E-state index contributed by atoms with van der Waals surface area (Å²) in [4.78, 5) is 16.4. The topological polar surface area (TPSA) is 80.9 Å². The lowest BCUT2D eigenvalue weighted by Gasteiger charge is -2.14. The number of hydrogen-bond acceptors (Lipinski definition) is 4. The largest absolute Gasteiger partial charge is 0.478 e. The van der Waals surface area contributed by atoms with Gasteiger partial charge < -0.3 is 9.67 Å². The Bertz CT molecular complexity index is 1290. The highest BCUT2D eigenvalue weighted by Crippen LogP contribution is 2.30. The molecule has 0 amide bonds. The maximum absolute atomic E-state index is 11.6. The van der Waals surface area contributed by atoms with E-state index in [0.29, 0.717) is 12.1 Å². The zero-order valence-corrected chi connectivity index (χ0v) is 19.1. The van der Waals surface area contributed by atoms with Gasteiger partial charge in [0.1, 0.15) is 11.3 Å². The Balaban J connectivity index is 1.75. The van der Waals surface area contributed by atoms with Gasteiger partial charge in [-0.2, -0.15) is 10.2 Å². The van der Waals surface area contributed by atoms with Crippen LogP contribution >= 0.6 is 0 Å². The number of nitrogens with zero attached hydrogens (tertiary/aromatic N) is 4. The van der Waals surface area contributed by atoms with E-state index < -0.39 is 5.97 Å². The van der Waals surface area contributed by atoms with Gasteiger partial charge in [0.2, 0.25) is 0 Å². The second-order valence-corrected chi connectivity index (χ2v) is 8.77. The molecule has 0 saturated heterocycles. The Morgan fingerprint density at radius 2 is 1.56 bits per heavy atom. The van der Waals surface area contributed by atoms with Crippen LogP contribution in [0.1, 0.15) is 72.7 Å². The van der Waals surface area contributed by atoms with Crippen molar-refractivity contribution in [3.8, 4) is 11.1 Å². The van der Waals surface area contributed by atoms with Crippen LogP contribution in [-0.4, -0.2) is 30.8 Å². The van der Waals surface area contributed by atoms with E-state index in [1.54, 1.807) is 12.1 Å². The minimum Gasteiger partial charge on any atom is -0.478 e. The van der Waals surface area contributed by atoms with Gasteiger partial charge >= 0.3 is 5.97 Å². The summed E-state index contributed by atoms with van der Waals surface area (Å²) >= 11 is 0. The summed E-state index contributed by atoms with van der Waals surface area (Å²) in [7, 11) is 0. The average Bonchev–Trinajstić information content (AvgIpc) is 3.09. The molecule has 0 aliphatic rings. The lowest BCUT2D eigenvalue weighted by molar-refractivity contribution is 0.0697. The van der Waals surface area contributed by atoms with E-state index in [4.69, 9.17) is 4.98 Å². The molecule has 2 aromatic heterocycles. The molecule has 32 heavy (non-hydrogen) atoms. The zero-order valence-electron chi connectivity index (χ0n) is 19.1. The number of aryl methyl sites for hydroxylation is 1. The third kappa shape index (κ3) is 3.88. The molecule has 0 spiro atoms. The SMILES string of the molecule is Cc1nc2c(C(C)C)nnc(C(C)C)c2n1Cc1ccc(-c2ccccc2C(=O)O)cc1. The van der Waals surface area contributed by atoms with Crippen molar-refractivity contribution in [3.63, 3.8) is 0 Å². The summed E-state index contributed by atoms with van der Waals surface area (Å²) in [5, 5.41) is 18.5. The summed E-state index contributed by atoms with van der Waals surface area (Å²) in [6.07, 6.45) is 0. The fraction of sp³-hybridized carbons (Fsp3) is 0.308. The monoisotopic (exact) mass is 428 g/mol. The molecule has 2 aromatic carbocycles. The number of benzene rings is 2. The summed E-state index contributed by atoms with van der Waals surface area (Å²) in [6.45, 7) is 11.2. The lowest BCUT2D eigenvalue weighted by Crippen LogP contribution is -2.08. The van der Waals surface area contributed by atoms with E-state index in [9.17, 15) is 9.90 Å². The van der Waals surface area contributed by atoms with Crippen molar-refractivity contribution in [2.45, 2.75) is 53.0 Å². The van der Waals surface area contributed by atoms with Crippen LogP contribution in [0.15, 0.2) is 48.5 Å². The van der Waals surface area contributed by atoms with Crippen LogP contribution in [0.2, 0.25) is 0 Å². The third-order valence-electron chi connectivity index (χ3n) is 5.77. The van der Waals surface area contributed by atoms with Crippen LogP contribution in [0.25, 0.3) is 22.2 Å². The van der Waals surface area contributed by atoms with E-state index in [1.165, 1.54) is 0 Å². The Morgan fingerprint density at radius 1 is 0.938 bits per heavy atom. The predicted octanol–water partition coefficient (Wildman–Crippen LogP) is 5.80. The van der Waals surface area contributed by atoms with Gasteiger partial charge in [0, 0.05) is 6.54 Å². The minimum absolute atomic E-state index is 0.232. The number of aromatic nitrogens is 4. The molecule has 0 bridgehead atoms. The highest BCUT2D eigenvalue weighted by atomic mass is 16.4. The first kappa shape index (κ1) is 21.7. The van der Waals surface area contributed by atoms with Crippen LogP contribution < -0.4 is 0 Å². The Labute approximate surface area is 188 Å². The molecular formula is C26H28N4O2. The number of imidazole rings is 1. The number of hydrogen-bond donors (Lipinski definition) is 1. The molecular weight excluding hydrogens is 400 g/mol. The van der Waals surface area contributed by atoms with Crippen molar-refractivity contribution in [1.82, 2.24) is 19.7 Å². The fourth-order valence-corrected chi connectivity index (χ4v) is 4.07. The molecule has 6 heteroatoms. The van der Waals surface area contributed by atoms with Gasteiger partial charge in [-0.1, -0.05) is 70.2 Å². The summed E-state index contributed by atoms with van der Waals surface area (Å²) < 4.78 is 2.21. The third-order valence-corrected chi connectivity index (χ3v) is 5.77. The normalized spacial score (nSPS) is 11.6. The highest BCUT2D eigenvalue weighted by Gasteiger charge is 2.21. The minimum atomic E-state index is -0.923. The van der Waals surface area contributed by atoms with Crippen molar-refractivity contribution in [2.75, 3.05) is 0 Å². The van der Waals surface area contributed by atoms with Crippen LogP contribution in [-0.2, 0) is 6.54 Å². The predicted molar refractivity (Wildman–Crippen MR) is 126 cm³/mol. The molecule has 0 atom stereocenters. The van der Waals surface area contributed by atoms with Crippen molar-refractivity contribution in [3.05, 3.63) is 76.9 Å². The van der Waals surface area contributed by atoms with E-state index >= 15 is 0 Å². The summed E-state index contributed by atoms with van der Waals surface area (Å²) in [5.74, 6) is 0.478. The van der Waals surface area contributed by atoms with Crippen LogP contribution in [0.4, 0.5) is 0 Å². The van der Waals surface area contributed by atoms with Gasteiger partial charge in [-0.25, -0.2) is 9.78 Å². The Hall–Kier alpha value is -3.54. The molecule has 0 aliphatic heterocycles. The molecule has 0 fully saturated rings. The van der Waals surface area contributed by atoms with Gasteiger partial charge in [-0.3, -0.25) is 0 Å². The quantitative estimate of drug-likeness (QED) is 0.420. The lowest BCUT2D eigenvalue weighted by atomic mass is 9.98. The number of carbonyl (C=O) groups is 1. The maximum atomic E-state index is 11.6. The van der Waals surface area contributed by atoms with Gasteiger partial charge in [-0.05, 0) is 41.5 Å². The second kappa shape index (κ2) is 8.54. The molecule has 0 unspecified atom stereocenters. The van der Waals surface area contributed by atoms with Gasteiger partial charge in [0.05, 0.1) is 22.5 Å². The molecule has 2 heterocycles. The first-order valence-electron chi connectivity index (χ1n) is 10.9. The standard InChI is InChI=1S/C26H28N4O2/c1-15(2)22-24-25(23(16(3)4)29-28-22)30(17(5)27-24)14-18-10-12-19(13-11-18)20-8-6-7-9-21(20)26(31)32/h6-13,15-16H,14H2,1-5H3,(H,31,32). The first-order chi connectivity index (χ1) is 15.3. The zero-order chi connectivity index (χ0) is 23.0. The molecule has 6 nitrogen and oxygen atoms in total. The summed E-state index contributed by atoms with van der Waals surface area (Å²) in [6, 6.07) is 15.1. The van der Waals surface area contributed by atoms with Crippen molar-refractivity contribution in [2.24, 2.45) is 0 Å². The summed E-state index contributed by atoms with van der Waals surface area (Å²) in [5.41, 5.74) is 6.88. The van der Waals surface area contributed by atoms with Gasteiger partial charge in [-0.15, -0.1) is 0 Å². The molecule has 4 rings (SSSR count). The van der Waals surface area contributed by atoms with E-state index in [-0.39, 0.29) is 11.8 Å². The van der Waals surface area contributed by atoms with E-state index in [0.717, 1.165) is 44.9 Å². The molecule has 164 valence electrons. The maximum Gasteiger partial charge on any atom is 0.336 e. The highest BCUT2D eigenvalue weighted by molar-refractivity contribution is 5.96. The Kier molecular flexibility index (Phi) is 5.78. The number of fused-ring (bicyclic) bond motifs is 1. The molecule has 4 aromatic rings. The molecule has 0 aliphatic carbocycles. The molecule has 0 radical (unpaired) electrons. The number of aromatic carboxylic acids is 1. The number of carboxylic acid groups (broad SMARTS) is 1. The van der Waals surface area contributed by atoms with Gasteiger partial charge in [0.15, 0.2) is 0 Å². The first-order valence-corrected chi connectivity index (χ1v) is 10.9. The van der Waals surface area contributed by atoms with Crippen LogP contribution in [0, 0.1) is 6.92 Å². The molecule has 1 N–H and O–H groups in total. The van der Waals surface area contributed by atoms with Crippen molar-refractivity contribution in [1.29, 1.82) is 0 Å². The van der Waals surface area contributed by atoms with Crippen LogP contribution in [0.3, 0.4) is 0 Å². The average molecular weight is 429 g/mol.